The Morgan fingerprint density at radius 3 is 2.33 bits per heavy atom. The van der Waals surface area contributed by atoms with Crippen LogP contribution in [0.25, 0.3) is 0 Å². The third-order valence-corrected chi connectivity index (χ3v) is 6.04. The molecule has 0 saturated heterocycles. The molecule has 0 spiro atoms. The zero-order valence-electron chi connectivity index (χ0n) is 11.8. The molecule has 18 heavy (non-hydrogen) atoms. The van der Waals surface area contributed by atoms with Gasteiger partial charge in [-0.1, -0.05) is 13.0 Å². The highest BCUT2D eigenvalue weighted by Gasteiger charge is 2.37. The minimum Gasteiger partial charge on any atom is -0.377 e. The lowest BCUT2D eigenvalue weighted by Crippen LogP contribution is -2.44. The van der Waals surface area contributed by atoms with Gasteiger partial charge in [-0.05, 0) is 0 Å². The smallest absolute Gasteiger partial charge is 0.377 e. The normalized spacial score (nSPS) is 11.8. The molecule has 1 aromatic rings. The van der Waals surface area contributed by atoms with Crippen molar-refractivity contribution >= 4 is 8.80 Å². The molecule has 0 radical (unpaired) electrons. The van der Waals surface area contributed by atoms with Crippen molar-refractivity contribution in [3.63, 3.8) is 0 Å². The van der Waals surface area contributed by atoms with Gasteiger partial charge in [0, 0.05) is 52.3 Å². The molecule has 0 aromatic carbocycles. The Hall–Kier alpha value is -0.753. The predicted octanol–water partition coefficient (Wildman–Crippen LogP) is 1.80. The molecule has 1 aromatic heterocycles. The maximum absolute atomic E-state index is 5.42. The van der Waals surface area contributed by atoms with E-state index < -0.39 is 8.80 Å². The third kappa shape index (κ3) is 3.88. The summed E-state index contributed by atoms with van der Waals surface area (Å²) in [6, 6.07) is 7.13. The van der Waals surface area contributed by atoms with Crippen molar-refractivity contribution in [3.8, 4) is 0 Å². The van der Waals surface area contributed by atoms with Gasteiger partial charge in [-0.25, -0.2) is 4.57 Å². The highest BCUT2D eigenvalue weighted by atomic mass is 28.4. The summed E-state index contributed by atoms with van der Waals surface area (Å²) in [4.78, 5) is 0. The van der Waals surface area contributed by atoms with Crippen molar-refractivity contribution < 1.29 is 17.8 Å². The number of rotatable bonds is 8. The number of nitrogens with zero attached hydrogens (tertiary/aromatic N) is 1. The van der Waals surface area contributed by atoms with Crippen LogP contribution in [0.2, 0.25) is 6.04 Å². The summed E-state index contributed by atoms with van der Waals surface area (Å²) in [5.74, 6) is 0. The first kappa shape index (κ1) is 15.3. The molecule has 0 amide bonds. The van der Waals surface area contributed by atoms with Crippen LogP contribution >= 0.6 is 0 Å². The molecule has 0 aliphatic carbocycles. The van der Waals surface area contributed by atoms with E-state index in [1.165, 1.54) is 5.69 Å². The summed E-state index contributed by atoms with van der Waals surface area (Å²) in [7, 11) is 2.57. The second-order valence-electron chi connectivity index (χ2n) is 4.14. The van der Waals surface area contributed by atoms with Gasteiger partial charge in [-0.2, -0.15) is 0 Å². The molecule has 0 fully saturated rings. The first-order valence-electron chi connectivity index (χ1n) is 6.34. The topological polar surface area (TPSA) is 31.6 Å². The Morgan fingerprint density at radius 1 is 1.11 bits per heavy atom. The first-order chi connectivity index (χ1) is 8.71. The Morgan fingerprint density at radius 2 is 1.78 bits per heavy atom. The van der Waals surface area contributed by atoms with Crippen LogP contribution in [0.4, 0.5) is 0 Å². The van der Waals surface area contributed by atoms with Gasteiger partial charge in [-0.3, -0.25) is 0 Å². The van der Waals surface area contributed by atoms with Crippen molar-refractivity contribution in [1.29, 1.82) is 0 Å². The largest absolute Gasteiger partial charge is 0.500 e. The second-order valence-corrected chi connectivity index (χ2v) is 7.23. The molecule has 0 aliphatic rings. The van der Waals surface area contributed by atoms with Gasteiger partial charge in [0.1, 0.15) is 6.54 Å². The van der Waals surface area contributed by atoms with E-state index >= 15 is 0 Å². The molecule has 0 bridgehead atoms. The Labute approximate surface area is 111 Å². The quantitative estimate of drug-likeness (QED) is 0.533. The highest BCUT2D eigenvalue weighted by Crippen LogP contribution is 2.14. The van der Waals surface area contributed by atoms with Crippen LogP contribution in [-0.2, 0) is 26.2 Å². The molecule has 1 rings (SSSR count). The molecule has 0 N–H and O–H groups in total. The van der Waals surface area contributed by atoms with Crippen molar-refractivity contribution in [3.05, 3.63) is 30.1 Å². The van der Waals surface area contributed by atoms with Gasteiger partial charge in [0.15, 0.2) is 11.9 Å². The summed E-state index contributed by atoms with van der Waals surface area (Å²) < 4.78 is 18.5. The van der Waals surface area contributed by atoms with Crippen LogP contribution < -0.4 is 4.57 Å². The Balaban J connectivity index is 2.55. The lowest BCUT2D eigenvalue weighted by molar-refractivity contribution is -0.704. The van der Waals surface area contributed by atoms with Crippen molar-refractivity contribution in [2.75, 3.05) is 21.3 Å². The van der Waals surface area contributed by atoms with Crippen LogP contribution in [0.1, 0.15) is 19.0 Å². The number of hydrogen-bond donors (Lipinski definition) is 0. The van der Waals surface area contributed by atoms with E-state index in [2.05, 4.69) is 35.9 Å². The molecule has 4 nitrogen and oxygen atoms in total. The monoisotopic (exact) mass is 270 g/mol. The fraction of sp³-hybridized carbons (Fsp3) is 0.615. The summed E-state index contributed by atoms with van der Waals surface area (Å²) in [6.07, 6.45) is 4.15. The fourth-order valence-electron chi connectivity index (χ4n) is 2.07. The maximum atomic E-state index is 5.42. The van der Waals surface area contributed by atoms with Crippen LogP contribution in [0.15, 0.2) is 24.4 Å². The van der Waals surface area contributed by atoms with Gasteiger partial charge >= 0.3 is 8.80 Å². The molecular formula is C13H24NO3Si+. The summed E-state index contributed by atoms with van der Waals surface area (Å²) in [5.41, 5.74) is 1.34. The standard InChI is InChI=1S/C13H24NO3Si/c1-5-13-9-6-7-10-14(13)11-8-12-18(15-2,16-3)17-4/h6-7,9-10H,5,8,11-12H2,1-4H3/q+1. The Bertz CT molecular complexity index is 348. The molecule has 5 heteroatoms. The second kappa shape index (κ2) is 7.63. The average molecular weight is 270 g/mol. The number of aromatic nitrogens is 1. The number of hydrogen-bond acceptors (Lipinski definition) is 3. The van der Waals surface area contributed by atoms with E-state index in [9.17, 15) is 0 Å². The zero-order valence-corrected chi connectivity index (χ0v) is 12.8. The van der Waals surface area contributed by atoms with Crippen LogP contribution in [0.3, 0.4) is 0 Å². The van der Waals surface area contributed by atoms with E-state index in [-0.39, 0.29) is 0 Å². The van der Waals surface area contributed by atoms with Gasteiger partial charge in [0.2, 0.25) is 0 Å². The maximum Gasteiger partial charge on any atom is 0.500 e. The molecule has 102 valence electrons. The van der Waals surface area contributed by atoms with Gasteiger partial charge in [0.05, 0.1) is 0 Å². The zero-order chi connectivity index (χ0) is 13.4. The SMILES string of the molecule is CCc1cccc[n+]1CCC[Si](OC)(OC)OC. The van der Waals surface area contributed by atoms with Crippen LogP contribution in [0, 0.1) is 0 Å². The summed E-state index contributed by atoms with van der Waals surface area (Å²) >= 11 is 0. The van der Waals surface area contributed by atoms with Crippen molar-refractivity contribution in [2.24, 2.45) is 0 Å². The van der Waals surface area contributed by atoms with Gasteiger partial charge in [-0.15, -0.1) is 0 Å². The first-order valence-corrected chi connectivity index (χ1v) is 8.27. The highest BCUT2D eigenvalue weighted by molar-refractivity contribution is 6.60. The molecule has 0 unspecified atom stereocenters. The Kier molecular flexibility index (Phi) is 6.49. The van der Waals surface area contributed by atoms with E-state index in [0.717, 1.165) is 25.4 Å². The lowest BCUT2D eigenvalue weighted by Gasteiger charge is -2.23. The van der Waals surface area contributed by atoms with Gasteiger partial charge in [0.25, 0.3) is 0 Å². The molecule has 0 atom stereocenters. The molecular weight excluding hydrogens is 246 g/mol. The predicted molar refractivity (Wildman–Crippen MR) is 72.2 cm³/mol. The average Bonchev–Trinajstić information content (AvgIpc) is 2.44. The number of aryl methyl sites for hydroxylation is 2. The molecule has 0 saturated carbocycles. The van der Waals surface area contributed by atoms with E-state index in [0.29, 0.717) is 0 Å². The molecule has 0 aliphatic heterocycles. The van der Waals surface area contributed by atoms with Crippen molar-refractivity contribution in [1.82, 2.24) is 0 Å². The lowest BCUT2D eigenvalue weighted by atomic mass is 10.2. The fourth-order valence-corrected chi connectivity index (χ4v) is 3.78. The summed E-state index contributed by atoms with van der Waals surface area (Å²) in [6.45, 7) is 3.14. The minimum absolute atomic E-state index is 0.835. The van der Waals surface area contributed by atoms with Crippen LogP contribution in [0.5, 0.6) is 0 Å². The summed E-state index contributed by atoms with van der Waals surface area (Å²) in [5, 5.41) is 0. The number of pyridine rings is 1. The minimum atomic E-state index is -2.41. The van der Waals surface area contributed by atoms with E-state index in [4.69, 9.17) is 13.3 Å². The van der Waals surface area contributed by atoms with Crippen LogP contribution in [-0.4, -0.2) is 30.1 Å². The third-order valence-electron chi connectivity index (χ3n) is 3.21. The van der Waals surface area contributed by atoms with E-state index in [1.807, 2.05) is 0 Å². The van der Waals surface area contributed by atoms with Crippen molar-refractivity contribution in [2.45, 2.75) is 32.4 Å². The van der Waals surface area contributed by atoms with Gasteiger partial charge < -0.3 is 13.3 Å². The van der Waals surface area contributed by atoms with E-state index in [1.54, 1.807) is 21.3 Å². The molecule has 1 heterocycles.